The van der Waals surface area contributed by atoms with Crippen LogP contribution >= 0.6 is 15.9 Å². The Labute approximate surface area is 114 Å². The molecule has 3 rings (SSSR count). The van der Waals surface area contributed by atoms with Crippen LogP contribution in [-0.4, -0.2) is 31.8 Å². The maximum absolute atomic E-state index is 12.4. The van der Waals surface area contributed by atoms with Gasteiger partial charge in [0.1, 0.15) is 18.5 Å². The number of halogens is 1. The molecule has 0 saturated carbocycles. The van der Waals surface area contributed by atoms with Crippen LogP contribution in [0, 0.1) is 0 Å². The van der Waals surface area contributed by atoms with Crippen LogP contribution in [0.4, 0.5) is 5.69 Å². The first-order chi connectivity index (χ1) is 8.75. The Balaban J connectivity index is 1.88. The van der Waals surface area contributed by atoms with Crippen molar-refractivity contribution in [3.63, 3.8) is 0 Å². The van der Waals surface area contributed by atoms with Crippen molar-refractivity contribution in [1.29, 1.82) is 0 Å². The van der Waals surface area contributed by atoms with Crippen molar-refractivity contribution in [3.05, 3.63) is 22.7 Å². The Morgan fingerprint density at radius 3 is 3.06 bits per heavy atom. The van der Waals surface area contributed by atoms with Gasteiger partial charge in [-0.1, -0.05) is 15.9 Å². The van der Waals surface area contributed by atoms with Crippen LogP contribution < -0.4 is 9.64 Å². The van der Waals surface area contributed by atoms with E-state index < -0.39 is 0 Å². The van der Waals surface area contributed by atoms with Crippen molar-refractivity contribution in [2.75, 3.05) is 24.7 Å². The van der Waals surface area contributed by atoms with Crippen molar-refractivity contribution in [3.8, 4) is 5.75 Å². The summed E-state index contributed by atoms with van der Waals surface area (Å²) in [7, 11) is 0. The third-order valence-corrected chi connectivity index (χ3v) is 3.75. The third-order valence-electron chi connectivity index (χ3n) is 3.26. The van der Waals surface area contributed by atoms with Gasteiger partial charge in [0, 0.05) is 11.1 Å². The van der Waals surface area contributed by atoms with Crippen molar-refractivity contribution in [1.82, 2.24) is 0 Å². The second kappa shape index (κ2) is 4.90. The molecule has 0 aromatic heterocycles. The zero-order chi connectivity index (χ0) is 12.5. The molecule has 1 aromatic rings. The molecule has 2 heterocycles. The van der Waals surface area contributed by atoms with Crippen molar-refractivity contribution in [2.45, 2.75) is 18.9 Å². The summed E-state index contributed by atoms with van der Waals surface area (Å²) in [5.74, 6) is 0.807. The van der Waals surface area contributed by atoms with E-state index >= 15 is 0 Å². The molecule has 96 valence electrons. The molecular formula is C13H14BrNO3. The number of benzene rings is 1. The largest absolute Gasteiger partial charge is 0.489 e. The van der Waals surface area contributed by atoms with Gasteiger partial charge in [0.2, 0.25) is 0 Å². The van der Waals surface area contributed by atoms with Crippen molar-refractivity contribution in [2.24, 2.45) is 0 Å². The van der Waals surface area contributed by atoms with Gasteiger partial charge in [0.05, 0.1) is 12.2 Å². The van der Waals surface area contributed by atoms with Crippen LogP contribution in [0.3, 0.4) is 0 Å². The molecule has 2 aliphatic heterocycles. The minimum Gasteiger partial charge on any atom is -0.489 e. The molecule has 1 fully saturated rings. The molecule has 1 saturated heterocycles. The highest BCUT2D eigenvalue weighted by Gasteiger charge is 2.32. The van der Waals surface area contributed by atoms with E-state index in [0.717, 1.165) is 28.8 Å². The van der Waals surface area contributed by atoms with Crippen LogP contribution in [-0.2, 0) is 9.53 Å². The number of anilines is 1. The topological polar surface area (TPSA) is 38.8 Å². The van der Waals surface area contributed by atoms with Gasteiger partial charge in [-0.3, -0.25) is 4.79 Å². The third kappa shape index (κ3) is 2.12. The quantitative estimate of drug-likeness (QED) is 0.799. The summed E-state index contributed by atoms with van der Waals surface area (Å²) < 4.78 is 12.0. The number of amides is 1. The lowest BCUT2D eigenvalue weighted by Crippen LogP contribution is -2.43. The molecule has 1 unspecified atom stereocenters. The van der Waals surface area contributed by atoms with Gasteiger partial charge in [-0.25, -0.2) is 0 Å². The van der Waals surface area contributed by atoms with Gasteiger partial charge in [-0.05, 0) is 31.0 Å². The highest BCUT2D eigenvalue weighted by molar-refractivity contribution is 9.10. The average Bonchev–Trinajstić information content (AvgIpc) is 2.90. The summed E-state index contributed by atoms with van der Waals surface area (Å²) >= 11 is 3.41. The minimum atomic E-state index is -0.278. The monoisotopic (exact) mass is 311 g/mol. The van der Waals surface area contributed by atoms with E-state index in [-0.39, 0.29) is 12.0 Å². The average molecular weight is 312 g/mol. The molecule has 18 heavy (non-hydrogen) atoms. The van der Waals surface area contributed by atoms with Gasteiger partial charge in [0.25, 0.3) is 5.91 Å². The van der Waals surface area contributed by atoms with Crippen LogP contribution in [0.2, 0.25) is 0 Å². The van der Waals surface area contributed by atoms with Crippen molar-refractivity contribution < 1.29 is 14.3 Å². The standard InChI is InChI=1S/C13H14BrNO3/c14-9-3-4-10-12(8-9)18-7-5-15(10)13(16)11-2-1-6-17-11/h3-4,8,11H,1-2,5-7H2. The summed E-state index contributed by atoms with van der Waals surface area (Å²) in [4.78, 5) is 14.2. The van der Waals surface area contributed by atoms with Crippen LogP contribution in [0.1, 0.15) is 12.8 Å². The number of carbonyl (C=O) groups is 1. The number of nitrogens with zero attached hydrogens (tertiary/aromatic N) is 1. The lowest BCUT2D eigenvalue weighted by atomic mass is 10.1. The van der Waals surface area contributed by atoms with Gasteiger partial charge < -0.3 is 14.4 Å². The predicted molar refractivity (Wildman–Crippen MR) is 71.0 cm³/mol. The number of rotatable bonds is 1. The number of carbonyl (C=O) groups excluding carboxylic acids is 1. The molecule has 5 heteroatoms. The van der Waals surface area contributed by atoms with E-state index in [1.165, 1.54) is 0 Å². The first-order valence-corrected chi connectivity index (χ1v) is 6.90. The smallest absolute Gasteiger partial charge is 0.256 e. The first kappa shape index (κ1) is 12.0. The van der Waals surface area contributed by atoms with Gasteiger partial charge in [-0.2, -0.15) is 0 Å². The maximum Gasteiger partial charge on any atom is 0.256 e. The molecule has 0 N–H and O–H groups in total. The molecule has 2 aliphatic rings. The normalized spacial score (nSPS) is 22.5. The number of hydrogen-bond donors (Lipinski definition) is 0. The maximum atomic E-state index is 12.4. The molecule has 0 radical (unpaired) electrons. The van der Waals surface area contributed by atoms with E-state index in [4.69, 9.17) is 9.47 Å². The fourth-order valence-electron chi connectivity index (χ4n) is 2.37. The fraction of sp³-hybridized carbons (Fsp3) is 0.462. The summed E-state index contributed by atoms with van der Waals surface area (Å²) in [6.07, 6.45) is 1.51. The lowest BCUT2D eigenvalue weighted by Gasteiger charge is -2.31. The highest BCUT2D eigenvalue weighted by Crippen LogP contribution is 2.35. The van der Waals surface area contributed by atoms with E-state index in [9.17, 15) is 4.79 Å². The molecule has 1 aromatic carbocycles. The molecule has 0 bridgehead atoms. The number of ether oxygens (including phenoxy) is 2. The fourth-order valence-corrected chi connectivity index (χ4v) is 2.71. The molecule has 1 atom stereocenters. The second-order valence-corrected chi connectivity index (χ2v) is 5.37. The Kier molecular flexibility index (Phi) is 3.26. The first-order valence-electron chi connectivity index (χ1n) is 6.11. The van der Waals surface area contributed by atoms with Crippen molar-refractivity contribution >= 4 is 27.5 Å². The minimum absolute atomic E-state index is 0.0550. The zero-order valence-electron chi connectivity index (χ0n) is 9.89. The molecule has 4 nitrogen and oxygen atoms in total. The Morgan fingerprint density at radius 1 is 1.39 bits per heavy atom. The summed E-state index contributed by atoms with van der Waals surface area (Å²) in [5.41, 5.74) is 0.838. The zero-order valence-corrected chi connectivity index (χ0v) is 11.5. The SMILES string of the molecule is O=C(C1CCCO1)N1CCOc2cc(Br)ccc21. The predicted octanol–water partition coefficient (Wildman–Crippen LogP) is 2.35. The van der Waals surface area contributed by atoms with Gasteiger partial charge >= 0.3 is 0 Å². The lowest BCUT2D eigenvalue weighted by molar-refractivity contribution is -0.127. The Morgan fingerprint density at radius 2 is 2.28 bits per heavy atom. The number of hydrogen-bond acceptors (Lipinski definition) is 3. The van der Waals surface area contributed by atoms with Gasteiger partial charge in [0.15, 0.2) is 0 Å². The molecule has 0 spiro atoms. The highest BCUT2D eigenvalue weighted by atomic mass is 79.9. The summed E-state index contributed by atoms with van der Waals surface area (Å²) in [6, 6.07) is 5.72. The number of fused-ring (bicyclic) bond motifs is 1. The van der Waals surface area contributed by atoms with E-state index in [1.54, 1.807) is 4.90 Å². The van der Waals surface area contributed by atoms with Crippen LogP contribution in [0.15, 0.2) is 22.7 Å². The molecule has 0 aliphatic carbocycles. The van der Waals surface area contributed by atoms with E-state index in [1.807, 2.05) is 18.2 Å². The summed E-state index contributed by atoms with van der Waals surface area (Å²) in [5, 5.41) is 0. The van der Waals surface area contributed by atoms with Crippen LogP contribution in [0.25, 0.3) is 0 Å². The summed E-state index contributed by atoms with van der Waals surface area (Å²) in [6.45, 7) is 1.81. The molecular weight excluding hydrogens is 298 g/mol. The molecule has 1 amide bonds. The van der Waals surface area contributed by atoms with E-state index in [0.29, 0.717) is 19.8 Å². The van der Waals surface area contributed by atoms with E-state index in [2.05, 4.69) is 15.9 Å². The Hall–Kier alpha value is -1.07. The second-order valence-electron chi connectivity index (χ2n) is 4.45. The van der Waals surface area contributed by atoms with Crippen LogP contribution in [0.5, 0.6) is 5.75 Å². The van der Waals surface area contributed by atoms with Gasteiger partial charge in [-0.15, -0.1) is 0 Å². The Bertz CT molecular complexity index is 471.